The average Bonchev–Trinajstić information content (AvgIpc) is 2.20. The van der Waals surface area contributed by atoms with Crippen LogP contribution >= 0.6 is 0 Å². The molecule has 0 heterocycles. The molecular formula is C11H18N2O2S. The number of rotatable bonds is 4. The number of para-hydroxylation sites is 1. The van der Waals surface area contributed by atoms with E-state index >= 15 is 0 Å². The molecule has 0 aliphatic rings. The summed E-state index contributed by atoms with van der Waals surface area (Å²) in [6, 6.07) is 6.98. The van der Waals surface area contributed by atoms with Gasteiger partial charge in [-0.1, -0.05) is 18.2 Å². The van der Waals surface area contributed by atoms with Gasteiger partial charge in [0.25, 0.3) is 0 Å². The van der Waals surface area contributed by atoms with Crippen LogP contribution in [0, 0.1) is 0 Å². The lowest BCUT2D eigenvalue weighted by Crippen LogP contribution is -2.34. The van der Waals surface area contributed by atoms with E-state index in [2.05, 4.69) is 0 Å². The minimum absolute atomic E-state index is 0.0464. The van der Waals surface area contributed by atoms with Gasteiger partial charge in [-0.3, -0.25) is 0 Å². The summed E-state index contributed by atoms with van der Waals surface area (Å²) in [7, 11) is -1.70. The van der Waals surface area contributed by atoms with E-state index in [1.807, 2.05) is 13.8 Å². The Hall–Kier alpha value is -1.07. The number of hydrogen-bond donors (Lipinski definition) is 1. The first-order valence-electron chi connectivity index (χ1n) is 5.13. The zero-order valence-corrected chi connectivity index (χ0v) is 10.7. The van der Waals surface area contributed by atoms with Crippen molar-refractivity contribution in [3.05, 3.63) is 29.8 Å². The molecule has 0 spiro atoms. The van der Waals surface area contributed by atoms with Gasteiger partial charge in [-0.2, -0.15) is 0 Å². The predicted octanol–water partition coefficient (Wildman–Crippen LogP) is 1.44. The first-order chi connectivity index (χ1) is 7.34. The molecule has 5 heteroatoms. The maximum absolute atomic E-state index is 12.0. The van der Waals surface area contributed by atoms with Gasteiger partial charge in [-0.05, 0) is 25.5 Å². The molecule has 90 valence electrons. The normalized spacial score (nSPS) is 12.3. The number of anilines is 1. The Kier molecular flexibility index (Phi) is 3.93. The van der Waals surface area contributed by atoms with E-state index in [0.717, 1.165) is 0 Å². The Labute approximate surface area is 97.1 Å². The molecule has 0 aliphatic carbocycles. The molecule has 2 N–H and O–H groups in total. The predicted molar refractivity (Wildman–Crippen MR) is 66.4 cm³/mol. The monoisotopic (exact) mass is 242 g/mol. The van der Waals surface area contributed by atoms with E-state index < -0.39 is 10.0 Å². The van der Waals surface area contributed by atoms with Crippen molar-refractivity contribution >= 4 is 15.7 Å². The highest BCUT2D eigenvalue weighted by Crippen LogP contribution is 2.17. The van der Waals surface area contributed by atoms with E-state index in [1.165, 1.54) is 4.31 Å². The van der Waals surface area contributed by atoms with E-state index in [0.29, 0.717) is 11.3 Å². The van der Waals surface area contributed by atoms with E-state index in [-0.39, 0.29) is 11.8 Å². The topological polar surface area (TPSA) is 63.4 Å². The molecule has 0 aromatic heterocycles. The van der Waals surface area contributed by atoms with Crippen molar-refractivity contribution in [2.75, 3.05) is 12.8 Å². The van der Waals surface area contributed by atoms with Gasteiger partial charge in [0, 0.05) is 18.8 Å². The van der Waals surface area contributed by atoms with Gasteiger partial charge >= 0.3 is 0 Å². The number of benzene rings is 1. The summed E-state index contributed by atoms with van der Waals surface area (Å²) in [4.78, 5) is 0. The SMILES string of the molecule is CC(C)N(C)S(=O)(=O)Cc1ccccc1N. The molecule has 0 aliphatic heterocycles. The van der Waals surface area contributed by atoms with E-state index in [1.54, 1.807) is 31.3 Å². The van der Waals surface area contributed by atoms with Crippen LogP contribution in [0.4, 0.5) is 5.69 Å². The Morgan fingerprint density at radius 3 is 2.38 bits per heavy atom. The summed E-state index contributed by atoms with van der Waals surface area (Å²) in [5, 5.41) is 0. The number of nitrogens with zero attached hydrogens (tertiary/aromatic N) is 1. The molecule has 0 fully saturated rings. The first-order valence-corrected chi connectivity index (χ1v) is 6.74. The smallest absolute Gasteiger partial charge is 0.218 e. The van der Waals surface area contributed by atoms with Crippen LogP contribution in [0.1, 0.15) is 19.4 Å². The molecule has 0 saturated carbocycles. The summed E-state index contributed by atoms with van der Waals surface area (Å²) in [6.07, 6.45) is 0. The largest absolute Gasteiger partial charge is 0.398 e. The van der Waals surface area contributed by atoms with Crippen molar-refractivity contribution in [2.24, 2.45) is 0 Å². The molecule has 0 unspecified atom stereocenters. The second-order valence-electron chi connectivity index (χ2n) is 4.06. The van der Waals surface area contributed by atoms with Crippen LogP contribution in [0.2, 0.25) is 0 Å². The first kappa shape index (κ1) is 13.0. The highest BCUT2D eigenvalue weighted by atomic mass is 32.2. The number of nitrogens with two attached hydrogens (primary N) is 1. The Bertz CT molecular complexity index is 455. The second-order valence-corrected chi connectivity index (χ2v) is 6.09. The van der Waals surface area contributed by atoms with E-state index in [9.17, 15) is 8.42 Å². The van der Waals surface area contributed by atoms with Crippen molar-refractivity contribution in [1.29, 1.82) is 0 Å². The molecule has 1 aromatic rings. The van der Waals surface area contributed by atoms with Gasteiger partial charge in [-0.15, -0.1) is 0 Å². The van der Waals surface area contributed by atoms with Crippen molar-refractivity contribution in [1.82, 2.24) is 4.31 Å². The van der Waals surface area contributed by atoms with Crippen LogP contribution in [0.5, 0.6) is 0 Å². The molecule has 1 aromatic carbocycles. The zero-order chi connectivity index (χ0) is 12.3. The molecule has 1 rings (SSSR count). The third kappa shape index (κ3) is 2.96. The number of sulfonamides is 1. The lowest BCUT2D eigenvalue weighted by molar-refractivity contribution is 0.410. The van der Waals surface area contributed by atoms with Crippen LogP contribution < -0.4 is 5.73 Å². The molecular weight excluding hydrogens is 224 g/mol. The lowest BCUT2D eigenvalue weighted by atomic mass is 10.2. The summed E-state index contributed by atoms with van der Waals surface area (Å²) in [5.41, 5.74) is 6.89. The Morgan fingerprint density at radius 2 is 1.88 bits per heavy atom. The van der Waals surface area contributed by atoms with Gasteiger partial charge in [-0.25, -0.2) is 12.7 Å². The molecule has 0 amide bonds. The van der Waals surface area contributed by atoms with Crippen molar-refractivity contribution in [3.63, 3.8) is 0 Å². The summed E-state index contributed by atoms with van der Waals surface area (Å²) < 4.78 is 25.3. The Morgan fingerprint density at radius 1 is 1.31 bits per heavy atom. The fraction of sp³-hybridized carbons (Fsp3) is 0.455. The third-order valence-electron chi connectivity index (χ3n) is 2.56. The van der Waals surface area contributed by atoms with E-state index in [4.69, 9.17) is 5.73 Å². The van der Waals surface area contributed by atoms with Gasteiger partial charge in [0.05, 0.1) is 5.75 Å². The van der Waals surface area contributed by atoms with Crippen LogP contribution in [-0.4, -0.2) is 25.8 Å². The summed E-state index contributed by atoms with van der Waals surface area (Å²) >= 11 is 0. The van der Waals surface area contributed by atoms with Crippen LogP contribution in [0.3, 0.4) is 0 Å². The standard InChI is InChI=1S/C11H18N2O2S/c1-9(2)13(3)16(14,15)8-10-6-4-5-7-11(10)12/h4-7,9H,8,12H2,1-3H3. The van der Waals surface area contributed by atoms with Crippen molar-refractivity contribution in [3.8, 4) is 0 Å². The number of hydrogen-bond acceptors (Lipinski definition) is 3. The van der Waals surface area contributed by atoms with Crippen LogP contribution in [-0.2, 0) is 15.8 Å². The zero-order valence-electron chi connectivity index (χ0n) is 9.84. The van der Waals surface area contributed by atoms with Crippen molar-refractivity contribution in [2.45, 2.75) is 25.6 Å². The fourth-order valence-corrected chi connectivity index (χ4v) is 2.79. The van der Waals surface area contributed by atoms with Crippen LogP contribution in [0.25, 0.3) is 0 Å². The van der Waals surface area contributed by atoms with Gasteiger partial charge < -0.3 is 5.73 Å². The molecule has 0 atom stereocenters. The molecule has 0 radical (unpaired) electrons. The highest BCUT2D eigenvalue weighted by Gasteiger charge is 2.21. The fourth-order valence-electron chi connectivity index (χ4n) is 1.29. The minimum Gasteiger partial charge on any atom is -0.398 e. The quantitative estimate of drug-likeness (QED) is 0.813. The maximum Gasteiger partial charge on any atom is 0.218 e. The molecule has 4 nitrogen and oxygen atoms in total. The summed E-state index contributed by atoms with van der Waals surface area (Å²) in [6.45, 7) is 3.68. The second kappa shape index (κ2) is 4.84. The molecule has 0 saturated heterocycles. The molecule has 16 heavy (non-hydrogen) atoms. The number of nitrogen functional groups attached to an aromatic ring is 1. The minimum atomic E-state index is -3.28. The van der Waals surface area contributed by atoms with Crippen molar-refractivity contribution < 1.29 is 8.42 Å². The molecule has 0 bridgehead atoms. The third-order valence-corrected chi connectivity index (χ3v) is 4.53. The average molecular weight is 242 g/mol. The van der Waals surface area contributed by atoms with Gasteiger partial charge in [0.1, 0.15) is 0 Å². The Balaban J connectivity index is 2.94. The highest BCUT2D eigenvalue weighted by molar-refractivity contribution is 7.88. The van der Waals surface area contributed by atoms with Gasteiger partial charge in [0.2, 0.25) is 10.0 Å². The lowest BCUT2D eigenvalue weighted by Gasteiger charge is -2.21. The van der Waals surface area contributed by atoms with Crippen LogP contribution in [0.15, 0.2) is 24.3 Å². The summed E-state index contributed by atoms with van der Waals surface area (Å²) in [5.74, 6) is -0.0473. The maximum atomic E-state index is 12.0. The van der Waals surface area contributed by atoms with Gasteiger partial charge in [0.15, 0.2) is 0 Å².